The molecule has 3 N–H and O–H groups in total. The molecule has 0 atom stereocenters. The second-order valence-electron chi connectivity index (χ2n) is 7.13. The number of hydrogen-bond acceptors (Lipinski definition) is 5. The number of pyridine rings is 1. The summed E-state index contributed by atoms with van der Waals surface area (Å²) in [6.45, 7) is 6.67. The van der Waals surface area contributed by atoms with Gasteiger partial charge in [0, 0.05) is 31.2 Å². The van der Waals surface area contributed by atoms with E-state index in [1.54, 1.807) is 21.0 Å². The third-order valence-electron chi connectivity index (χ3n) is 5.30. The van der Waals surface area contributed by atoms with Gasteiger partial charge in [0.05, 0.1) is 6.61 Å². The summed E-state index contributed by atoms with van der Waals surface area (Å²) < 4.78 is 5.37. The van der Waals surface area contributed by atoms with Crippen LogP contribution in [0.25, 0.3) is 0 Å². The van der Waals surface area contributed by atoms with Crippen LogP contribution in [0.3, 0.4) is 0 Å². The molecule has 0 aliphatic carbocycles. The summed E-state index contributed by atoms with van der Waals surface area (Å²) in [6.07, 6.45) is 2.77. The summed E-state index contributed by atoms with van der Waals surface area (Å²) in [5, 5.41) is 15.5. The van der Waals surface area contributed by atoms with Gasteiger partial charge in [0.1, 0.15) is 11.6 Å². The van der Waals surface area contributed by atoms with E-state index in [9.17, 15) is 9.59 Å². The number of halogens is 1. The molecule has 0 saturated carbocycles. The Morgan fingerprint density at radius 3 is 2.59 bits per heavy atom. The number of rotatable bonds is 7. The van der Waals surface area contributed by atoms with Crippen molar-refractivity contribution in [2.75, 3.05) is 33.4 Å². The van der Waals surface area contributed by atoms with Crippen molar-refractivity contribution >= 4 is 18.3 Å². The first-order valence-corrected chi connectivity index (χ1v) is 9.01. The standard InChI is InChI=1S/C19H28N4O3.ClH/c1-13-15(14(2)23-18(25)16(13)10-20)4-5-17(24)22-11-19(12-26-3)6-8-21-9-7-19;/h21H,4-9,11-12H2,1-3H3,(H,22,24)(H,23,25);1H. The number of ether oxygens (including phenoxy) is 1. The first kappa shape index (κ1) is 23.2. The maximum absolute atomic E-state index is 12.3. The Kier molecular flexibility index (Phi) is 8.97. The quantitative estimate of drug-likeness (QED) is 0.644. The maximum atomic E-state index is 12.3. The van der Waals surface area contributed by atoms with Gasteiger partial charge in [-0.2, -0.15) is 5.26 Å². The van der Waals surface area contributed by atoms with E-state index in [0.717, 1.165) is 31.5 Å². The van der Waals surface area contributed by atoms with Gasteiger partial charge in [0.15, 0.2) is 0 Å². The van der Waals surface area contributed by atoms with E-state index in [-0.39, 0.29) is 34.9 Å². The molecule has 1 aliphatic heterocycles. The molecule has 1 saturated heterocycles. The van der Waals surface area contributed by atoms with E-state index in [2.05, 4.69) is 15.6 Å². The minimum absolute atomic E-state index is 0. The summed E-state index contributed by atoms with van der Waals surface area (Å²) in [5.74, 6) is -0.0254. The van der Waals surface area contributed by atoms with Crippen molar-refractivity contribution in [3.63, 3.8) is 0 Å². The van der Waals surface area contributed by atoms with Gasteiger partial charge in [-0.3, -0.25) is 9.59 Å². The van der Waals surface area contributed by atoms with Crippen molar-refractivity contribution in [3.8, 4) is 6.07 Å². The predicted octanol–water partition coefficient (Wildman–Crippen LogP) is 1.35. The molecular weight excluding hydrogens is 368 g/mol. The zero-order valence-electron chi connectivity index (χ0n) is 16.2. The highest BCUT2D eigenvalue weighted by molar-refractivity contribution is 5.85. The fraction of sp³-hybridized carbons (Fsp3) is 0.632. The number of amides is 1. The fourth-order valence-corrected chi connectivity index (χ4v) is 3.67. The van der Waals surface area contributed by atoms with Crippen LogP contribution in [0.15, 0.2) is 4.79 Å². The van der Waals surface area contributed by atoms with Gasteiger partial charge in [-0.25, -0.2) is 0 Å². The Morgan fingerprint density at radius 2 is 2.00 bits per heavy atom. The van der Waals surface area contributed by atoms with E-state index in [4.69, 9.17) is 10.00 Å². The minimum atomic E-state index is -0.372. The van der Waals surface area contributed by atoms with Crippen molar-refractivity contribution in [1.29, 1.82) is 5.26 Å². The molecule has 2 heterocycles. The Bertz CT molecular complexity index is 743. The second-order valence-corrected chi connectivity index (χ2v) is 7.13. The molecule has 0 unspecified atom stereocenters. The smallest absolute Gasteiger partial charge is 0.266 e. The van der Waals surface area contributed by atoms with Crippen LogP contribution in [-0.2, 0) is 16.0 Å². The fourth-order valence-electron chi connectivity index (χ4n) is 3.67. The number of carbonyl (C=O) groups excluding carboxylic acids is 1. The molecule has 7 nitrogen and oxygen atoms in total. The van der Waals surface area contributed by atoms with Crippen molar-refractivity contribution in [2.45, 2.75) is 39.5 Å². The van der Waals surface area contributed by atoms with Gasteiger partial charge in [-0.15, -0.1) is 12.4 Å². The van der Waals surface area contributed by atoms with Crippen molar-refractivity contribution in [3.05, 3.63) is 32.7 Å². The van der Waals surface area contributed by atoms with E-state index < -0.39 is 0 Å². The average Bonchev–Trinajstić information content (AvgIpc) is 2.61. The lowest BCUT2D eigenvalue weighted by atomic mass is 9.79. The molecule has 0 aromatic carbocycles. The number of methoxy groups -OCH3 is 1. The average molecular weight is 397 g/mol. The lowest BCUT2D eigenvalue weighted by Crippen LogP contribution is -2.47. The predicted molar refractivity (Wildman–Crippen MR) is 106 cm³/mol. The van der Waals surface area contributed by atoms with E-state index in [1.807, 2.05) is 6.07 Å². The van der Waals surface area contributed by atoms with Gasteiger partial charge >= 0.3 is 0 Å². The molecule has 1 fully saturated rings. The lowest BCUT2D eigenvalue weighted by molar-refractivity contribution is -0.122. The number of hydrogen-bond donors (Lipinski definition) is 3. The minimum Gasteiger partial charge on any atom is -0.384 e. The van der Waals surface area contributed by atoms with Crippen LogP contribution in [0.5, 0.6) is 0 Å². The third-order valence-corrected chi connectivity index (χ3v) is 5.30. The third kappa shape index (κ3) is 5.80. The topological polar surface area (TPSA) is 107 Å². The summed E-state index contributed by atoms with van der Waals surface area (Å²) in [6, 6.07) is 1.94. The van der Waals surface area contributed by atoms with Crippen molar-refractivity contribution in [1.82, 2.24) is 15.6 Å². The van der Waals surface area contributed by atoms with Crippen molar-refractivity contribution in [2.24, 2.45) is 5.41 Å². The largest absolute Gasteiger partial charge is 0.384 e. The van der Waals surface area contributed by atoms with E-state index >= 15 is 0 Å². The molecule has 0 spiro atoms. The van der Waals surface area contributed by atoms with Crippen LogP contribution in [0.2, 0.25) is 0 Å². The first-order chi connectivity index (χ1) is 12.4. The number of carbonyl (C=O) groups is 1. The molecule has 150 valence electrons. The van der Waals surface area contributed by atoms with E-state index in [1.165, 1.54) is 0 Å². The monoisotopic (exact) mass is 396 g/mol. The molecule has 0 bridgehead atoms. The Hall–Kier alpha value is -1.88. The van der Waals surface area contributed by atoms with Crippen molar-refractivity contribution < 1.29 is 9.53 Å². The number of nitriles is 1. The number of nitrogens with zero attached hydrogens (tertiary/aromatic N) is 1. The van der Waals surface area contributed by atoms with Crippen LogP contribution < -0.4 is 16.2 Å². The number of aryl methyl sites for hydroxylation is 1. The molecule has 27 heavy (non-hydrogen) atoms. The van der Waals surface area contributed by atoms with Gasteiger partial charge in [-0.05, 0) is 57.3 Å². The van der Waals surface area contributed by atoms with Crippen LogP contribution in [0, 0.1) is 30.6 Å². The molecular formula is C19H29ClN4O3. The highest BCUT2D eigenvalue weighted by atomic mass is 35.5. The number of H-pyrrole nitrogens is 1. The Balaban J connectivity index is 0.00000364. The van der Waals surface area contributed by atoms with Gasteiger partial charge in [0.25, 0.3) is 5.56 Å². The summed E-state index contributed by atoms with van der Waals surface area (Å²) in [7, 11) is 1.69. The van der Waals surface area contributed by atoms with Gasteiger partial charge in [0.2, 0.25) is 5.91 Å². The Labute approximate surface area is 166 Å². The molecule has 1 aromatic heterocycles. The lowest BCUT2D eigenvalue weighted by Gasteiger charge is -2.37. The highest BCUT2D eigenvalue weighted by Gasteiger charge is 2.32. The molecule has 0 radical (unpaired) electrons. The normalized spacial score (nSPS) is 15.5. The van der Waals surface area contributed by atoms with E-state index in [0.29, 0.717) is 37.3 Å². The van der Waals surface area contributed by atoms with Crippen LogP contribution >= 0.6 is 12.4 Å². The molecule has 1 amide bonds. The molecule has 1 aromatic rings. The number of nitrogens with one attached hydrogen (secondary N) is 3. The Morgan fingerprint density at radius 1 is 1.33 bits per heavy atom. The van der Waals surface area contributed by atoms with Crippen LogP contribution in [0.4, 0.5) is 0 Å². The summed E-state index contributed by atoms with van der Waals surface area (Å²) in [4.78, 5) is 26.8. The molecule has 8 heteroatoms. The van der Waals surface area contributed by atoms with Crippen LogP contribution in [0.1, 0.15) is 41.6 Å². The van der Waals surface area contributed by atoms with Gasteiger partial charge in [-0.1, -0.05) is 0 Å². The summed E-state index contributed by atoms with van der Waals surface area (Å²) in [5.41, 5.74) is 1.99. The second kappa shape index (κ2) is 10.5. The SMILES string of the molecule is COCC1(CNC(=O)CCc2c(C)[nH]c(=O)c(C#N)c2C)CCNCC1.Cl. The van der Waals surface area contributed by atoms with Gasteiger partial charge < -0.3 is 20.4 Å². The first-order valence-electron chi connectivity index (χ1n) is 9.01. The number of piperidine rings is 1. The maximum Gasteiger partial charge on any atom is 0.266 e. The molecule has 2 rings (SSSR count). The zero-order valence-corrected chi connectivity index (χ0v) is 17.1. The number of aromatic amines is 1. The summed E-state index contributed by atoms with van der Waals surface area (Å²) >= 11 is 0. The zero-order chi connectivity index (χ0) is 19.2. The highest BCUT2D eigenvalue weighted by Crippen LogP contribution is 2.28. The van der Waals surface area contributed by atoms with Crippen LogP contribution in [-0.4, -0.2) is 44.2 Å². The number of aromatic nitrogens is 1. The molecule has 1 aliphatic rings.